The van der Waals surface area contributed by atoms with Crippen molar-refractivity contribution in [2.24, 2.45) is 0 Å². The van der Waals surface area contributed by atoms with Crippen molar-refractivity contribution in [1.29, 1.82) is 0 Å². The predicted molar refractivity (Wildman–Crippen MR) is 130 cm³/mol. The molecule has 33 heavy (non-hydrogen) atoms. The highest BCUT2D eigenvalue weighted by atomic mass is 16.6. The molecule has 1 saturated heterocycles. The van der Waals surface area contributed by atoms with E-state index in [1.165, 1.54) is 0 Å². The van der Waals surface area contributed by atoms with Gasteiger partial charge in [-0.25, -0.2) is 4.79 Å². The van der Waals surface area contributed by atoms with Crippen LogP contribution in [0.1, 0.15) is 44.4 Å². The Hall–Kier alpha value is -3.28. The van der Waals surface area contributed by atoms with E-state index in [9.17, 15) is 9.59 Å². The lowest BCUT2D eigenvalue weighted by Gasteiger charge is -2.40. The first kappa shape index (κ1) is 24.4. The van der Waals surface area contributed by atoms with Crippen molar-refractivity contribution >= 4 is 18.1 Å². The molecule has 0 aliphatic carbocycles. The van der Waals surface area contributed by atoms with E-state index in [0.717, 1.165) is 16.7 Å². The summed E-state index contributed by atoms with van der Waals surface area (Å²) in [6.45, 7) is 13.2. The third-order valence-corrected chi connectivity index (χ3v) is 5.50. The summed E-state index contributed by atoms with van der Waals surface area (Å²) in [5.41, 5.74) is 2.29. The van der Waals surface area contributed by atoms with E-state index in [0.29, 0.717) is 32.0 Å². The molecule has 176 valence electrons. The Bertz CT molecular complexity index is 981. The first-order valence-corrected chi connectivity index (χ1v) is 11.4. The van der Waals surface area contributed by atoms with Gasteiger partial charge >= 0.3 is 6.09 Å². The molecule has 6 heteroatoms. The van der Waals surface area contributed by atoms with Gasteiger partial charge in [-0.3, -0.25) is 4.79 Å². The Kier molecular flexibility index (Phi) is 7.79. The zero-order chi connectivity index (χ0) is 24.0. The second-order valence-corrected chi connectivity index (χ2v) is 9.38. The van der Waals surface area contributed by atoms with Crippen LogP contribution in [0.4, 0.5) is 4.79 Å². The molecule has 2 aromatic rings. The first-order valence-electron chi connectivity index (χ1n) is 11.4. The maximum Gasteiger partial charge on any atom is 0.410 e. The van der Waals surface area contributed by atoms with Gasteiger partial charge in [-0.2, -0.15) is 0 Å². The lowest BCUT2D eigenvalue weighted by atomic mass is 10.0. The number of hydrogen-bond donors (Lipinski definition) is 0. The van der Waals surface area contributed by atoms with Crippen LogP contribution < -0.4 is 4.74 Å². The normalized spacial score (nSPS) is 16.3. The second kappa shape index (κ2) is 10.6. The number of piperazine rings is 1. The van der Waals surface area contributed by atoms with Crippen molar-refractivity contribution in [3.63, 3.8) is 0 Å². The quantitative estimate of drug-likeness (QED) is 0.627. The van der Waals surface area contributed by atoms with Gasteiger partial charge in [-0.15, -0.1) is 0 Å². The van der Waals surface area contributed by atoms with Crippen LogP contribution in [0.3, 0.4) is 0 Å². The van der Waals surface area contributed by atoms with Gasteiger partial charge in [0.25, 0.3) is 0 Å². The minimum Gasteiger partial charge on any atom is -0.489 e. The van der Waals surface area contributed by atoms with Gasteiger partial charge in [-0.1, -0.05) is 49.1 Å². The third kappa shape index (κ3) is 6.85. The fourth-order valence-electron chi connectivity index (χ4n) is 3.83. The molecule has 0 saturated carbocycles. The molecule has 1 aliphatic heterocycles. The molecule has 1 fully saturated rings. The minimum atomic E-state index is -0.542. The fourth-order valence-corrected chi connectivity index (χ4v) is 3.83. The molecule has 0 N–H and O–H groups in total. The molecule has 0 radical (unpaired) electrons. The monoisotopic (exact) mass is 450 g/mol. The summed E-state index contributed by atoms with van der Waals surface area (Å²) in [7, 11) is 0. The molecule has 1 aliphatic rings. The van der Waals surface area contributed by atoms with Crippen molar-refractivity contribution < 1.29 is 19.1 Å². The van der Waals surface area contributed by atoms with E-state index in [4.69, 9.17) is 9.47 Å². The molecular formula is C27H34N2O4. The van der Waals surface area contributed by atoms with E-state index in [1.807, 2.05) is 81.1 Å². The Morgan fingerprint density at radius 1 is 1.12 bits per heavy atom. The minimum absolute atomic E-state index is 0.0112. The third-order valence-electron chi connectivity index (χ3n) is 5.50. The van der Waals surface area contributed by atoms with Crippen LogP contribution in [0.2, 0.25) is 0 Å². The van der Waals surface area contributed by atoms with Crippen LogP contribution in [0, 0.1) is 0 Å². The lowest BCUT2D eigenvalue weighted by molar-refractivity contribution is -0.134. The van der Waals surface area contributed by atoms with Crippen molar-refractivity contribution in [3.8, 4) is 5.75 Å². The van der Waals surface area contributed by atoms with Crippen LogP contribution in [0.5, 0.6) is 5.75 Å². The van der Waals surface area contributed by atoms with Crippen LogP contribution in [0.15, 0.2) is 55.1 Å². The Morgan fingerprint density at radius 3 is 2.48 bits per heavy atom. The zero-order valence-electron chi connectivity index (χ0n) is 20.0. The van der Waals surface area contributed by atoms with Crippen LogP contribution in [0.25, 0.3) is 6.08 Å². The van der Waals surface area contributed by atoms with Crippen molar-refractivity contribution in [1.82, 2.24) is 9.80 Å². The first-order chi connectivity index (χ1) is 15.7. The predicted octanol–water partition coefficient (Wildman–Crippen LogP) is 4.92. The van der Waals surface area contributed by atoms with E-state index < -0.39 is 5.60 Å². The number of hydrogen-bond acceptors (Lipinski definition) is 4. The van der Waals surface area contributed by atoms with Gasteiger partial charge in [0, 0.05) is 31.2 Å². The summed E-state index contributed by atoms with van der Waals surface area (Å²) < 4.78 is 11.5. The van der Waals surface area contributed by atoms with Crippen molar-refractivity contribution in [2.75, 3.05) is 19.6 Å². The highest BCUT2D eigenvalue weighted by Gasteiger charge is 2.32. The average molecular weight is 451 g/mol. The Balaban J connectivity index is 1.66. The Labute approximate surface area is 196 Å². The highest BCUT2D eigenvalue weighted by molar-refractivity contribution is 5.80. The summed E-state index contributed by atoms with van der Waals surface area (Å²) in [6, 6.07) is 15.6. The topological polar surface area (TPSA) is 59.1 Å². The molecule has 0 aromatic heterocycles. The van der Waals surface area contributed by atoms with E-state index in [1.54, 1.807) is 11.0 Å². The molecule has 1 heterocycles. The average Bonchev–Trinajstić information content (AvgIpc) is 2.77. The summed E-state index contributed by atoms with van der Waals surface area (Å²) >= 11 is 0. The summed E-state index contributed by atoms with van der Waals surface area (Å²) in [4.78, 5) is 29.1. The number of amides is 2. The van der Waals surface area contributed by atoms with Crippen LogP contribution >= 0.6 is 0 Å². The fraction of sp³-hybridized carbons (Fsp3) is 0.407. The highest BCUT2D eigenvalue weighted by Crippen LogP contribution is 2.24. The van der Waals surface area contributed by atoms with Gasteiger partial charge in [0.1, 0.15) is 18.0 Å². The number of benzene rings is 2. The molecule has 2 aromatic carbocycles. The number of nitrogens with zero attached hydrogens (tertiary/aromatic N) is 2. The SMILES string of the molecule is C=Cc1ccc(OCc2ccccc2)c(CC(=O)N2CCN(C(=O)OC(C)(C)C)C[C@H]2C)c1. The number of rotatable bonds is 6. The molecule has 2 amide bonds. The summed E-state index contributed by atoms with van der Waals surface area (Å²) in [5.74, 6) is 0.704. The van der Waals surface area contributed by atoms with E-state index >= 15 is 0 Å². The summed E-state index contributed by atoms with van der Waals surface area (Å²) in [5, 5.41) is 0. The molecule has 3 rings (SSSR count). The standard InChI is InChI=1S/C27H34N2O4/c1-6-21-12-13-24(32-19-22-10-8-7-9-11-22)23(16-21)17-25(30)29-15-14-28(18-20(29)2)26(31)33-27(3,4)5/h6-13,16,20H,1,14-15,17-19H2,2-5H3/t20-/m1/s1. The number of carbonyl (C=O) groups excluding carboxylic acids is 2. The number of carbonyl (C=O) groups is 2. The largest absolute Gasteiger partial charge is 0.489 e. The Morgan fingerprint density at radius 2 is 1.85 bits per heavy atom. The molecule has 1 atom stereocenters. The van der Waals surface area contributed by atoms with Crippen LogP contribution in [-0.4, -0.2) is 53.1 Å². The number of ether oxygens (including phenoxy) is 2. The molecule has 0 bridgehead atoms. The maximum absolute atomic E-state index is 13.2. The van der Waals surface area contributed by atoms with Crippen molar-refractivity contribution in [2.45, 2.75) is 52.4 Å². The van der Waals surface area contributed by atoms with Gasteiger partial charge < -0.3 is 19.3 Å². The van der Waals surface area contributed by atoms with Gasteiger partial charge in [0.05, 0.1) is 6.42 Å². The molecular weight excluding hydrogens is 416 g/mol. The van der Waals surface area contributed by atoms with Gasteiger partial charge in [0.2, 0.25) is 5.91 Å². The molecule has 0 spiro atoms. The van der Waals surface area contributed by atoms with Crippen molar-refractivity contribution in [3.05, 3.63) is 71.8 Å². The molecule has 0 unspecified atom stereocenters. The summed E-state index contributed by atoms with van der Waals surface area (Å²) in [6.07, 6.45) is 1.65. The molecule has 6 nitrogen and oxygen atoms in total. The smallest absolute Gasteiger partial charge is 0.410 e. The van der Waals surface area contributed by atoms with E-state index in [2.05, 4.69) is 6.58 Å². The lowest BCUT2D eigenvalue weighted by Crippen LogP contribution is -2.56. The van der Waals surface area contributed by atoms with E-state index in [-0.39, 0.29) is 24.5 Å². The second-order valence-electron chi connectivity index (χ2n) is 9.38. The van der Waals surface area contributed by atoms with Gasteiger partial charge in [0.15, 0.2) is 0 Å². The van der Waals surface area contributed by atoms with Gasteiger partial charge in [-0.05, 0) is 51.0 Å². The zero-order valence-corrected chi connectivity index (χ0v) is 20.0. The maximum atomic E-state index is 13.2. The van der Waals surface area contributed by atoms with Crippen LogP contribution in [-0.2, 0) is 22.6 Å².